The first-order chi connectivity index (χ1) is 8.26. The van der Waals surface area contributed by atoms with E-state index in [4.69, 9.17) is 9.47 Å². The largest absolute Gasteiger partial charge is 0.494 e. The number of methoxy groups -OCH3 is 1. The quantitative estimate of drug-likeness (QED) is 0.756. The van der Waals surface area contributed by atoms with Crippen LogP contribution in [0.4, 0.5) is 11.4 Å². The van der Waals surface area contributed by atoms with E-state index >= 15 is 0 Å². The summed E-state index contributed by atoms with van der Waals surface area (Å²) in [6, 6.07) is 5.74. The number of anilines is 1. The van der Waals surface area contributed by atoms with Crippen LogP contribution >= 0.6 is 0 Å². The summed E-state index contributed by atoms with van der Waals surface area (Å²) in [6.07, 6.45) is 0. The van der Waals surface area contributed by atoms with E-state index in [0.29, 0.717) is 17.5 Å². The van der Waals surface area contributed by atoms with Crippen LogP contribution in [0.15, 0.2) is 23.4 Å². The van der Waals surface area contributed by atoms with Gasteiger partial charge in [-0.1, -0.05) is 0 Å². The van der Waals surface area contributed by atoms with Crippen LogP contribution in [0, 0.1) is 4.91 Å². The first-order valence-corrected chi connectivity index (χ1v) is 5.62. The van der Waals surface area contributed by atoms with Gasteiger partial charge in [0.15, 0.2) is 0 Å². The Balaban J connectivity index is 2.28. The molecule has 1 heterocycles. The molecule has 0 aromatic heterocycles. The topological polar surface area (TPSA) is 51.1 Å². The summed E-state index contributed by atoms with van der Waals surface area (Å²) in [4.78, 5) is 12.8. The van der Waals surface area contributed by atoms with Gasteiger partial charge in [0.1, 0.15) is 11.4 Å². The first-order valence-electron chi connectivity index (χ1n) is 5.62. The number of hydrogen-bond acceptors (Lipinski definition) is 5. The minimum atomic E-state index is 0.323. The average Bonchev–Trinajstić information content (AvgIpc) is 2.38. The van der Waals surface area contributed by atoms with E-state index in [9.17, 15) is 4.91 Å². The van der Waals surface area contributed by atoms with E-state index in [1.54, 1.807) is 6.07 Å². The number of nitroso groups, excluding NO2 is 1. The van der Waals surface area contributed by atoms with Gasteiger partial charge < -0.3 is 14.4 Å². The van der Waals surface area contributed by atoms with Gasteiger partial charge in [-0.05, 0) is 24.2 Å². The van der Waals surface area contributed by atoms with Crippen LogP contribution in [0.25, 0.3) is 0 Å². The Morgan fingerprint density at radius 2 is 2.35 bits per heavy atom. The second-order valence-corrected chi connectivity index (χ2v) is 4.06. The molecule has 1 aromatic carbocycles. The van der Waals surface area contributed by atoms with Crippen molar-refractivity contribution in [2.75, 3.05) is 31.8 Å². The fourth-order valence-electron chi connectivity index (χ4n) is 2.03. The summed E-state index contributed by atoms with van der Waals surface area (Å²) < 4.78 is 10.5. The van der Waals surface area contributed by atoms with Crippen molar-refractivity contribution in [3.63, 3.8) is 0 Å². The Bertz CT molecular complexity index is 409. The van der Waals surface area contributed by atoms with E-state index in [-0.39, 0.29) is 0 Å². The molecule has 1 saturated heterocycles. The van der Waals surface area contributed by atoms with Gasteiger partial charge in [-0.25, -0.2) is 0 Å². The third-order valence-corrected chi connectivity index (χ3v) is 2.96. The van der Waals surface area contributed by atoms with Crippen LogP contribution in [0.2, 0.25) is 0 Å². The third kappa shape index (κ3) is 2.39. The van der Waals surface area contributed by atoms with Crippen molar-refractivity contribution < 1.29 is 9.47 Å². The molecule has 0 aliphatic carbocycles. The van der Waals surface area contributed by atoms with Crippen LogP contribution < -0.4 is 9.64 Å². The van der Waals surface area contributed by atoms with Gasteiger partial charge >= 0.3 is 0 Å². The highest BCUT2D eigenvalue weighted by molar-refractivity contribution is 5.62. The molecule has 1 aliphatic rings. The van der Waals surface area contributed by atoms with Crippen molar-refractivity contribution in [3.8, 4) is 5.75 Å². The highest BCUT2D eigenvalue weighted by Crippen LogP contribution is 2.32. The normalized spacial score (nSPS) is 20.1. The summed E-state index contributed by atoms with van der Waals surface area (Å²) in [5, 5.41) is 2.93. The Morgan fingerprint density at radius 1 is 1.53 bits per heavy atom. The molecule has 5 heteroatoms. The fraction of sp³-hybridized carbons (Fsp3) is 0.500. The standard InChI is InChI=1S/C12H16N2O3/c1-9-8-17-6-5-14(9)10-3-4-11(13-15)12(7-10)16-2/h3-4,7,9H,5-6,8H2,1-2H3/t9-/m0/s1. The molecule has 0 saturated carbocycles. The van der Waals surface area contributed by atoms with Crippen LogP contribution in [0.5, 0.6) is 5.75 Å². The second-order valence-electron chi connectivity index (χ2n) is 4.06. The number of ether oxygens (including phenoxy) is 2. The van der Waals surface area contributed by atoms with Gasteiger partial charge in [-0.15, -0.1) is 4.91 Å². The van der Waals surface area contributed by atoms with Gasteiger partial charge in [0, 0.05) is 24.3 Å². The van der Waals surface area contributed by atoms with Crippen molar-refractivity contribution in [2.45, 2.75) is 13.0 Å². The number of benzene rings is 1. The molecule has 0 unspecified atom stereocenters. The minimum absolute atomic E-state index is 0.323. The molecule has 5 nitrogen and oxygen atoms in total. The predicted molar refractivity (Wildman–Crippen MR) is 66.1 cm³/mol. The molecule has 1 fully saturated rings. The maximum atomic E-state index is 10.6. The van der Waals surface area contributed by atoms with Crippen molar-refractivity contribution in [2.24, 2.45) is 5.18 Å². The van der Waals surface area contributed by atoms with E-state index < -0.39 is 0 Å². The highest BCUT2D eigenvalue weighted by Gasteiger charge is 2.20. The summed E-state index contributed by atoms with van der Waals surface area (Å²) >= 11 is 0. The van der Waals surface area contributed by atoms with Crippen molar-refractivity contribution in [3.05, 3.63) is 23.1 Å². The third-order valence-electron chi connectivity index (χ3n) is 2.96. The maximum Gasteiger partial charge on any atom is 0.150 e. The van der Waals surface area contributed by atoms with E-state index in [1.807, 2.05) is 12.1 Å². The Labute approximate surface area is 100 Å². The highest BCUT2D eigenvalue weighted by atomic mass is 16.5. The van der Waals surface area contributed by atoms with Crippen LogP contribution in [-0.4, -0.2) is 32.9 Å². The number of morpholine rings is 1. The lowest BCUT2D eigenvalue weighted by molar-refractivity contribution is 0.0989. The van der Waals surface area contributed by atoms with Crippen molar-refractivity contribution in [1.29, 1.82) is 0 Å². The maximum absolute atomic E-state index is 10.6. The molecule has 0 N–H and O–H groups in total. The SMILES string of the molecule is COc1cc(N2CCOC[C@@H]2C)ccc1N=O. The van der Waals surface area contributed by atoms with Crippen molar-refractivity contribution in [1.82, 2.24) is 0 Å². The molecule has 92 valence electrons. The summed E-state index contributed by atoms with van der Waals surface area (Å²) in [5.41, 5.74) is 1.36. The molecular weight excluding hydrogens is 220 g/mol. The van der Waals surface area contributed by atoms with Crippen LogP contribution in [-0.2, 0) is 4.74 Å². The molecule has 2 rings (SSSR count). The number of hydrogen-bond donors (Lipinski definition) is 0. The molecular formula is C12H16N2O3. The first kappa shape index (κ1) is 11.9. The van der Waals surface area contributed by atoms with Gasteiger partial charge in [0.25, 0.3) is 0 Å². The van der Waals surface area contributed by atoms with Crippen molar-refractivity contribution >= 4 is 11.4 Å². The molecule has 1 atom stereocenters. The minimum Gasteiger partial charge on any atom is -0.494 e. The lowest BCUT2D eigenvalue weighted by atomic mass is 10.2. The zero-order chi connectivity index (χ0) is 12.3. The molecule has 1 aromatic rings. The lowest BCUT2D eigenvalue weighted by Crippen LogP contribution is -2.43. The zero-order valence-corrected chi connectivity index (χ0v) is 10.0. The number of rotatable bonds is 3. The molecule has 0 radical (unpaired) electrons. The Hall–Kier alpha value is -1.62. The van der Waals surface area contributed by atoms with Crippen LogP contribution in [0.1, 0.15) is 6.92 Å². The fourth-order valence-corrected chi connectivity index (χ4v) is 2.03. The zero-order valence-electron chi connectivity index (χ0n) is 10.0. The molecule has 17 heavy (non-hydrogen) atoms. The molecule has 0 bridgehead atoms. The Morgan fingerprint density at radius 3 is 3.00 bits per heavy atom. The lowest BCUT2D eigenvalue weighted by Gasteiger charge is -2.35. The second kappa shape index (κ2) is 5.14. The van der Waals surface area contributed by atoms with E-state index in [0.717, 1.165) is 25.4 Å². The number of nitrogens with zero attached hydrogens (tertiary/aromatic N) is 2. The monoisotopic (exact) mass is 236 g/mol. The van der Waals surface area contributed by atoms with Gasteiger partial charge in [0.2, 0.25) is 0 Å². The van der Waals surface area contributed by atoms with Gasteiger partial charge in [-0.2, -0.15) is 0 Å². The van der Waals surface area contributed by atoms with E-state index in [1.165, 1.54) is 7.11 Å². The molecule has 1 aliphatic heterocycles. The van der Waals surface area contributed by atoms with Crippen LogP contribution in [0.3, 0.4) is 0 Å². The van der Waals surface area contributed by atoms with E-state index in [2.05, 4.69) is 17.0 Å². The Kier molecular flexibility index (Phi) is 3.58. The summed E-state index contributed by atoms with van der Waals surface area (Å²) in [6.45, 7) is 4.39. The summed E-state index contributed by atoms with van der Waals surface area (Å²) in [7, 11) is 1.54. The molecule has 0 amide bonds. The van der Waals surface area contributed by atoms with Gasteiger partial charge in [0.05, 0.1) is 20.3 Å². The molecule has 0 spiro atoms. The summed E-state index contributed by atoms with van der Waals surface area (Å²) in [5.74, 6) is 0.510. The van der Waals surface area contributed by atoms with Gasteiger partial charge in [-0.3, -0.25) is 0 Å². The predicted octanol–water partition coefficient (Wildman–Crippen LogP) is 2.32. The smallest absolute Gasteiger partial charge is 0.150 e. The average molecular weight is 236 g/mol.